The largest absolute Gasteiger partial charge is 0.432 e. The minimum Gasteiger partial charge on any atom is -0.432 e. The molecule has 0 atom stereocenters. The van der Waals surface area contributed by atoms with Crippen LogP contribution in [0, 0.1) is 10.1 Å². The number of nitro groups is 1. The summed E-state index contributed by atoms with van der Waals surface area (Å²) in [5.41, 5.74) is 5.87. The summed E-state index contributed by atoms with van der Waals surface area (Å²) >= 11 is 0. The van der Waals surface area contributed by atoms with Crippen molar-refractivity contribution in [2.24, 2.45) is 0 Å². The van der Waals surface area contributed by atoms with Gasteiger partial charge in [-0.05, 0) is 12.1 Å². The van der Waals surface area contributed by atoms with Crippen molar-refractivity contribution < 1.29 is 9.66 Å². The first-order valence-corrected chi connectivity index (χ1v) is 4.79. The van der Waals surface area contributed by atoms with Crippen molar-refractivity contribution >= 4 is 11.4 Å². The zero-order valence-electron chi connectivity index (χ0n) is 8.74. The van der Waals surface area contributed by atoms with Crippen LogP contribution in [0.25, 0.3) is 0 Å². The van der Waals surface area contributed by atoms with Crippen LogP contribution in [-0.4, -0.2) is 9.91 Å². The van der Waals surface area contributed by atoms with E-state index in [2.05, 4.69) is 4.98 Å². The van der Waals surface area contributed by atoms with Crippen molar-refractivity contribution in [3.8, 4) is 11.6 Å². The minimum absolute atomic E-state index is 0.105. The van der Waals surface area contributed by atoms with Gasteiger partial charge >= 0.3 is 5.69 Å². The van der Waals surface area contributed by atoms with Crippen molar-refractivity contribution in [2.75, 3.05) is 5.73 Å². The van der Waals surface area contributed by atoms with Crippen LogP contribution < -0.4 is 10.5 Å². The van der Waals surface area contributed by atoms with E-state index in [0.717, 1.165) is 0 Å². The lowest BCUT2D eigenvalue weighted by molar-refractivity contribution is -0.385. The first-order chi connectivity index (χ1) is 8.16. The highest BCUT2D eigenvalue weighted by Crippen LogP contribution is 2.29. The number of para-hydroxylation sites is 2. The Hall–Kier alpha value is -2.63. The average Bonchev–Trinajstić information content (AvgIpc) is 2.32. The average molecular weight is 231 g/mol. The van der Waals surface area contributed by atoms with E-state index in [1.54, 1.807) is 24.3 Å². The molecule has 6 heteroatoms. The maximum Gasteiger partial charge on any atom is 0.311 e. The molecule has 2 N–H and O–H groups in total. The third-order valence-electron chi connectivity index (χ3n) is 2.04. The smallest absolute Gasteiger partial charge is 0.311 e. The van der Waals surface area contributed by atoms with Gasteiger partial charge in [0.15, 0.2) is 0 Å². The van der Waals surface area contributed by atoms with Crippen LogP contribution in [-0.2, 0) is 0 Å². The summed E-state index contributed by atoms with van der Waals surface area (Å²) in [4.78, 5) is 14.1. The van der Waals surface area contributed by atoms with E-state index in [1.165, 1.54) is 18.3 Å². The van der Waals surface area contributed by atoms with Gasteiger partial charge in [-0.25, -0.2) is 4.98 Å². The summed E-state index contributed by atoms with van der Waals surface area (Å²) in [6, 6.07) is 9.26. The summed E-state index contributed by atoms with van der Waals surface area (Å²) in [6.45, 7) is 0. The molecule has 0 saturated carbocycles. The Morgan fingerprint density at radius 1 is 1.24 bits per heavy atom. The van der Waals surface area contributed by atoms with Crippen LogP contribution in [0.15, 0.2) is 42.6 Å². The van der Waals surface area contributed by atoms with Gasteiger partial charge in [0, 0.05) is 12.1 Å². The number of hydrogen-bond acceptors (Lipinski definition) is 5. The fraction of sp³-hybridized carbons (Fsp3) is 0. The Morgan fingerprint density at radius 2 is 2.00 bits per heavy atom. The Kier molecular flexibility index (Phi) is 2.87. The summed E-state index contributed by atoms with van der Waals surface area (Å²) in [7, 11) is 0. The maximum atomic E-state index is 10.8. The van der Waals surface area contributed by atoms with E-state index in [9.17, 15) is 10.1 Å². The van der Waals surface area contributed by atoms with Crippen LogP contribution in [0.3, 0.4) is 0 Å². The fourth-order valence-electron chi connectivity index (χ4n) is 1.26. The zero-order chi connectivity index (χ0) is 12.3. The number of nitrogens with two attached hydrogens (primary N) is 1. The molecule has 0 spiro atoms. The van der Waals surface area contributed by atoms with E-state index in [4.69, 9.17) is 10.5 Å². The highest BCUT2D eigenvalue weighted by molar-refractivity contribution is 5.47. The topological polar surface area (TPSA) is 91.3 Å². The molecule has 0 amide bonds. The van der Waals surface area contributed by atoms with Gasteiger partial charge < -0.3 is 10.5 Å². The Labute approximate surface area is 96.8 Å². The minimum atomic E-state index is -0.507. The molecule has 0 bridgehead atoms. The van der Waals surface area contributed by atoms with Crippen LogP contribution in [0.2, 0.25) is 0 Å². The first kappa shape index (κ1) is 10.9. The number of benzene rings is 1. The molecule has 0 fully saturated rings. The Morgan fingerprint density at radius 3 is 2.65 bits per heavy atom. The second kappa shape index (κ2) is 4.48. The molecule has 1 aromatic heterocycles. The second-order valence-electron chi connectivity index (χ2n) is 3.26. The molecule has 0 aliphatic heterocycles. The summed E-state index contributed by atoms with van der Waals surface area (Å²) in [5.74, 6) is 0.406. The highest BCUT2D eigenvalue weighted by atomic mass is 16.6. The summed E-state index contributed by atoms with van der Waals surface area (Å²) < 4.78 is 5.32. The van der Waals surface area contributed by atoms with E-state index in [-0.39, 0.29) is 17.3 Å². The maximum absolute atomic E-state index is 10.8. The van der Waals surface area contributed by atoms with Gasteiger partial charge in [0.25, 0.3) is 0 Å². The number of hydrogen-bond donors (Lipinski definition) is 1. The van der Waals surface area contributed by atoms with Gasteiger partial charge in [-0.2, -0.15) is 0 Å². The van der Waals surface area contributed by atoms with Gasteiger partial charge in [-0.3, -0.25) is 10.1 Å². The molecule has 0 saturated heterocycles. The molecular weight excluding hydrogens is 222 g/mol. The monoisotopic (exact) mass is 231 g/mol. The van der Waals surface area contributed by atoms with Gasteiger partial charge in [0.05, 0.1) is 16.8 Å². The number of anilines is 1. The number of rotatable bonds is 3. The fourth-order valence-corrected chi connectivity index (χ4v) is 1.26. The molecule has 0 aliphatic rings. The summed E-state index contributed by atoms with van der Waals surface area (Å²) in [6.07, 6.45) is 1.42. The number of nitrogen functional groups attached to an aromatic ring is 1. The van der Waals surface area contributed by atoms with Crippen LogP contribution >= 0.6 is 0 Å². The third-order valence-corrected chi connectivity index (χ3v) is 2.04. The van der Waals surface area contributed by atoms with E-state index >= 15 is 0 Å². The molecule has 1 heterocycles. The van der Waals surface area contributed by atoms with E-state index < -0.39 is 4.92 Å². The number of nitro benzene ring substituents is 1. The molecule has 2 rings (SSSR count). The number of ether oxygens (including phenoxy) is 1. The molecule has 0 aliphatic carbocycles. The van der Waals surface area contributed by atoms with Crippen LogP contribution in [0.5, 0.6) is 11.6 Å². The second-order valence-corrected chi connectivity index (χ2v) is 3.26. The quantitative estimate of drug-likeness (QED) is 0.646. The third kappa shape index (κ3) is 2.49. The van der Waals surface area contributed by atoms with Gasteiger partial charge in [0.2, 0.25) is 11.6 Å². The molecular formula is C11H9N3O3. The normalized spacial score (nSPS) is 9.88. The van der Waals surface area contributed by atoms with Crippen molar-refractivity contribution in [1.82, 2.24) is 4.98 Å². The highest BCUT2D eigenvalue weighted by Gasteiger charge is 2.14. The summed E-state index contributed by atoms with van der Waals surface area (Å²) in [5, 5.41) is 10.8. The lowest BCUT2D eigenvalue weighted by Gasteiger charge is -2.04. The van der Waals surface area contributed by atoms with Gasteiger partial charge in [-0.15, -0.1) is 0 Å². The predicted molar refractivity (Wildman–Crippen MR) is 61.8 cm³/mol. The van der Waals surface area contributed by atoms with Crippen molar-refractivity contribution in [3.05, 3.63) is 52.7 Å². The zero-order valence-corrected chi connectivity index (χ0v) is 8.74. The molecule has 2 aromatic rings. The SMILES string of the molecule is Nc1ccc(Oc2ccccc2[N+](=O)[O-])nc1. The van der Waals surface area contributed by atoms with E-state index in [0.29, 0.717) is 5.69 Å². The number of nitrogens with zero attached hydrogens (tertiary/aromatic N) is 2. The number of pyridine rings is 1. The van der Waals surface area contributed by atoms with Crippen molar-refractivity contribution in [3.63, 3.8) is 0 Å². The van der Waals surface area contributed by atoms with Crippen LogP contribution in [0.4, 0.5) is 11.4 Å². The van der Waals surface area contributed by atoms with Crippen molar-refractivity contribution in [2.45, 2.75) is 0 Å². The van der Waals surface area contributed by atoms with E-state index in [1.807, 2.05) is 0 Å². The molecule has 17 heavy (non-hydrogen) atoms. The van der Waals surface area contributed by atoms with Crippen molar-refractivity contribution in [1.29, 1.82) is 0 Å². The van der Waals surface area contributed by atoms with Crippen LogP contribution in [0.1, 0.15) is 0 Å². The first-order valence-electron chi connectivity index (χ1n) is 4.79. The number of aromatic nitrogens is 1. The lowest BCUT2D eigenvalue weighted by atomic mass is 10.3. The standard InChI is InChI=1S/C11H9N3O3/c12-8-5-6-11(13-7-8)17-10-4-2-1-3-9(10)14(15)16/h1-7H,12H2. The van der Waals surface area contributed by atoms with Gasteiger partial charge in [0.1, 0.15) is 0 Å². The molecule has 1 aromatic carbocycles. The molecule has 0 unspecified atom stereocenters. The molecule has 0 radical (unpaired) electrons. The Balaban J connectivity index is 2.30. The Bertz CT molecular complexity index is 540. The molecule has 86 valence electrons. The van der Waals surface area contributed by atoms with Gasteiger partial charge in [-0.1, -0.05) is 12.1 Å². The lowest BCUT2D eigenvalue weighted by Crippen LogP contribution is -1.94. The molecule has 6 nitrogen and oxygen atoms in total. The predicted octanol–water partition coefficient (Wildman–Crippen LogP) is 2.36.